The molecule has 2 rings (SSSR count). The van der Waals surface area contributed by atoms with Crippen molar-refractivity contribution in [3.8, 4) is 11.3 Å². The molecule has 2 aromatic rings. The number of rotatable bonds is 3. The first-order valence-electron chi connectivity index (χ1n) is 5.25. The van der Waals surface area contributed by atoms with E-state index in [0.717, 1.165) is 0 Å². The molecule has 0 amide bonds. The summed E-state index contributed by atoms with van der Waals surface area (Å²) in [5.41, 5.74) is 0.334. The Morgan fingerprint density at radius 3 is 2.63 bits per heavy atom. The van der Waals surface area contributed by atoms with Gasteiger partial charge in [-0.15, -0.1) is 0 Å². The predicted molar refractivity (Wildman–Crippen MR) is 65.6 cm³/mol. The van der Waals surface area contributed by atoms with Crippen LogP contribution in [0.5, 0.6) is 0 Å². The Morgan fingerprint density at radius 2 is 2.11 bits per heavy atom. The third-order valence-electron chi connectivity index (χ3n) is 2.62. The number of aromatic carboxylic acids is 1. The summed E-state index contributed by atoms with van der Waals surface area (Å²) in [7, 11) is 1.52. The number of aromatic nitrogens is 2. The highest BCUT2D eigenvalue weighted by molar-refractivity contribution is 6.33. The van der Waals surface area contributed by atoms with Crippen molar-refractivity contribution in [1.29, 1.82) is 0 Å². The minimum absolute atomic E-state index is 0.170. The van der Waals surface area contributed by atoms with Gasteiger partial charge in [-0.1, -0.05) is 17.7 Å². The maximum atomic E-state index is 12.7. The molecule has 0 fully saturated rings. The van der Waals surface area contributed by atoms with E-state index in [9.17, 15) is 13.6 Å². The first-order valence-corrected chi connectivity index (χ1v) is 5.63. The van der Waals surface area contributed by atoms with Gasteiger partial charge in [0, 0.05) is 23.2 Å². The maximum absolute atomic E-state index is 12.7. The van der Waals surface area contributed by atoms with Crippen molar-refractivity contribution in [2.45, 2.75) is 6.43 Å². The molecule has 1 N–H and O–H groups in total. The zero-order valence-corrected chi connectivity index (χ0v) is 10.5. The number of nitrogens with zero attached hydrogens (tertiary/aromatic N) is 2. The van der Waals surface area contributed by atoms with Crippen molar-refractivity contribution in [1.82, 2.24) is 9.78 Å². The number of carbonyl (C=O) groups is 1. The van der Waals surface area contributed by atoms with Crippen molar-refractivity contribution in [3.05, 3.63) is 40.5 Å². The molecule has 1 aromatic carbocycles. The minimum Gasteiger partial charge on any atom is -0.476 e. The largest absolute Gasteiger partial charge is 0.476 e. The van der Waals surface area contributed by atoms with Gasteiger partial charge in [-0.05, 0) is 18.2 Å². The third kappa shape index (κ3) is 2.58. The molecule has 1 aromatic heterocycles. The van der Waals surface area contributed by atoms with Crippen LogP contribution in [0.15, 0.2) is 24.3 Å². The molecule has 7 heteroatoms. The molecule has 0 aliphatic carbocycles. The van der Waals surface area contributed by atoms with E-state index in [4.69, 9.17) is 16.7 Å². The summed E-state index contributed by atoms with van der Waals surface area (Å²) in [4.78, 5) is 10.8. The van der Waals surface area contributed by atoms with Gasteiger partial charge in [0.05, 0.1) is 5.69 Å². The second kappa shape index (κ2) is 4.97. The lowest BCUT2D eigenvalue weighted by molar-refractivity contribution is 0.0689. The zero-order valence-electron chi connectivity index (χ0n) is 9.77. The van der Waals surface area contributed by atoms with Crippen LogP contribution in [-0.2, 0) is 7.05 Å². The highest BCUT2D eigenvalue weighted by Gasteiger charge is 2.17. The second-order valence-corrected chi connectivity index (χ2v) is 4.29. The van der Waals surface area contributed by atoms with Gasteiger partial charge in [0.1, 0.15) is 0 Å². The number of carboxylic acid groups (broad SMARTS) is 1. The van der Waals surface area contributed by atoms with Crippen LogP contribution < -0.4 is 0 Å². The van der Waals surface area contributed by atoms with Crippen LogP contribution in [0.1, 0.15) is 22.5 Å². The Hall–Kier alpha value is -1.95. The molecule has 0 saturated heterocycles. The first kappa shape index (κ1) is 13.5. The highest BCUT2D eigenvalue weighted by atomic mass is 35.5. The molecule has 0 saturated carbocycles. The normalized spacial score (nSPS) is 11.0. The Morgan fingerprint density at radius 1 is 1.42 bits per heavy atom. The fourth-order valence-corrected chi connectivity index (χ4v) is 1.91. The lowest BCUT2D eigenvalue weighted by atomic mass is 10.1. The summed E-state index contributed by atoms with van der Waals surface area (Å²) in [5, 5.41) is 12.9. The topological polar surface area (TPSA) is 55.1 Å². The van der Waals surface area contributed by atoms with Gasteiger partial charge >= 0.3 is 5.97 Å². The molecule has 0 radical (unpaired) electrons. The van der Waals surface area contributed by atoms with Gasteiger partial charge in [-0.2, -0.15) is 5.10 Å². The van der Waals surface area contributed by atoms with Crippen molar-refractivity contribution in [2.75, 3.05) is 0 Å². The van der Waals surface area contributed by atoms with Gasteiger partial charge in [0.15, 0.2) is 5.69 Å². The summed E-state index contributed by atoms with van der Waals surface area (Å²) >= 11 is 5.96. The molecule has 1 heterocycles. The van der Waals surface area contributed by atoms with Crippen molar-refractivity contribution in [2.24, 2.45) is 7.05 Å². The summed E-state index contributed by atoms with van der Waals surface area (Å²) < 4.78 is 26.6. The monoisotopic (exact) mass is 286 g/mol. The number of halogens is 3. The Labute approximate surface area is 112 Å². The zero-order chi connectivity index (χ0) is 14.2. The standard InChI is InChI=1S/C12H9ClF2N2O2/c1-17-10(5-9(16-17)12(18)19)7-4-6(11(14)15)2-3-8(7)13/h2-5,11H,1H3,(H,18,19). The van der Waals surface area contributed by atoms with Crippen LogP contribution in [-0.4, -0.2) is 20.9 Å². The van der Waals surface area contributed by atoms with Gasteiger partial charge in [0.2, 0.25) is 0 Å². The number of carboxylic acids is 1. The number of aryl methyl sites for hydroxylation is 1. The average molecular weight is 287 g/mol. The summed E-state index contributed by atoms with van der Waals surface area (Å²) in [6, 6.07) is 5.10. The predicted octanol–water partition coefficient (Wildman–Crippen LogP) is 3.38. The molecule has 19 heavy (non-hydrogen) atoms. The van der Waals surface area contributed by atoms with E-state index in [0.29, 0.717) is 11.3 Å². The minimum atomic E-state index is -2.62. The molecule has 4 nitrogen and oxygen atoms in total. The Balaban J connectivity index is 2.57. The van der Waals surface area contributed by atoms with E-state index in [2.05, 4.69) is 5.10 Å². The number of benzene rings is 1. The van der Waals surface area contributed by atoms with Crippen LogP contribution in [0.3, 0.4) is 0 Å². The Kier molecular flexibility index (Phi) is 3.53. The van der Waals surface area contributed by atoms with Crippen LogP contribution in [0, 0.1) is 0 Å². The van der Waals surface area contributed by atoms with E-state index < -0.39 is 12.4 Å². The molecular formula is C12H9ClF2N2O2. The fraction of sp³-hybridized carbons (Fsp3) is 0.167. The van der Waals surface area contributed by atoms with Crippen LogP contribution >= 0.6 is 11.6 Å². The quantitative estimate of drug-likeness (QED) is 0.941. The molecule has 0 aliphatic heterocycles. The molecule has 0 bridgehead atoms. The summed E-state index contributed by atoms with van der Waals surface area (Å²) in [6.07, 6.45) is -2.62. The van der Waals surface area contributed by atoms with Crippen LogP contribution in [0.2, 0.25) is 5.02 Å². The second-order valence-electron chi connectivity index (χ2n) is 3.88. The Bertz CT molecular complexity index is 641. The van der Waals surface area contributed by atoms with Gasteiger partial charge < -0.3 is 5.11 Å². The average Bonchev–Trinajstić information content (AvgIpc) is 2.72. The molecule has 0 spiro atoms. The fourth-order valence-electron chi connectivity index (χ4n) is 1.70. The summed E-state index contributed by atoms with van der Waals surface area (Å²) in [5.74, 6) is -1.19. The van der Waals surface area contributed by atoms with Gasteiger partial charge in [-0.3, -0.25) is 4.68 Å². The smallest absolute Gasteiger partial charge is 0.356 e. The van der Waals surface area contributed by atoms with Crippen molar-refractivity contribution < 1.29 is 18.7 Å². The molecular weight excluding hydrogens is 278 g/mol. The van der Waals surface area contributed by atoms with Gasteiger partial charge in [0.25, 0.3) is 6.43 Å². The van der Waals surface area contributed by atoms with Crippen LogP contribution in [0.25, 0.3) is 11.3 Å². The summed E-state index contributed by atoms with van der Waals surface area (Å²) in [6.45, 7) is 0. The molecule has 0 aliphatic rings. The van der Waals surface area contributed by atoms with E-state index in [1.807, 2.05) is 0 Å². The lowest BCUT2D eigenvalue weighted by Crippen LogP contribution is -1.99. The van der Waals surface area contributed by atoms with Gasteiger partial charge in [-0.25, -0.2) is 13.6 Å². The molecule has 100 valence electrons. The molecule has 0 unspecified atom stereocenters. The van der Waals surface area contributed by atoms with E-state index in [1.54, 1.807) is 0 Å². The van der Waals surface area contributed by atoms with E-state index in [1.165, 1.54) is 36.0 Å². The van der Waals surface area contributed by atoms with E-state index >= 15 is 0 Å². The first-order chi connectivity index (χ1) is 8.90. The van der Waals surface area contributed by atoms with Crippen LogP contribution in [0.4, 0.5) is 8.78 Å². The lowest BCUT2D eigenvalue weighted by Gasteiger charge is -2.07. The number of hydrogen-bond donors (Lipinski definition) is 1. The number of alkyl halides is 2. The van der Waals surface area contributed by atoms with E-state index in [-0.39, 0.29) is 16.3 Å². The third-order valence-corrected chi connectivity index (χ3v) is 2.95. The number of hydrogen-bond acceptors (Lipinski definition) is 2. The van der Waals surface area contributed by atoms with Crippen molar-refractivity contribution >= 4 is 17.6 Å². The van der Waals surface area contributed by atoms with Crippen molar-refractivity contribution in [3.63, 3.8) is 0 Å². The highest BCUT2D eigenvalue weighted by Crippen LogP contribution is 2.32. The SMILES string of the molecule is Cn1nc(C(=O)O)cc1-c1cc(C(F)F)ccc1Cl. The maximum Gasteiger partial charge on any atom is 0.356 e. The molecule has 0 atom stereocenters.